The van der Waals surface area contributed by atoms with Crippen molar-refractivity contribution < 1.29 is 9.53 Å². The molecule has 22 heavy (non-hydrogen) atoms. The molecule has 1 aromatic rings. The van der Waals surface area contributed by atoms with Gasteiger partial charge < -0.3 is 10.1 Å². The summed E-state index contributed by atoms with van der Waals surface area (Å²) < 4.78 is 5.50. The zero-order valence-corrected chi connectivity index (χ0v) is 13.1. The lowest BCUT2D eigenvalue weighted by molar-refractivity contribution is -0.126. The molecular weight excluding hydrogens is 278 g/mol. The van der Waals surface area contributed by atoms with Crippen molar-refractivity contribution >= 4 is 5.91 Å². The Hall–Kier alpha value is -1.49. The maximum Gasteiger partial charge on any atom is 0.223 e. The Morgan fingerprint density at radius 2 is 2.09 bits per heavy atom. The molecule has 1 aliphatic heterocycles. The Labute approximate surface area is 131 Å². The van der Waals surface area contributed by atoms with E-state index in [2.05, 4.69) is 15.3 Å². The monoisotopic (exact) mass is 303 g/mol. The molecule has 5 heteroatoms. The third-order valence-electron chi connectivity index (χ3n) is 4.68. The first kappa shape index (κ1) is 15.4. The second-order valence-electron chi connectivity index (χ2n) is 6.37. The lowest BCUT2D eigenvalue weighted by atomic mass is 9.89. The average Bonchev–Trinajstić information content (AvgIpc) is 2.61. The molecule has 0 radical (unpaired) electrons. The summed E-state index contributed by atoms with van der Waals surface area (Å²) in [6, 6.07) is 1.88. The van der Waals surface area contributed by atoms with E-state index in [0.717, 1.165) is 43.8 Å². The molecule has 1 saturated carbocycles. The maximum atomic E-state index is 12.2. The second kappa shape index (κ2) is 7.68. The first-order valence-electron chi connectivity index (χ1n) is 8.50. The molecule has 1 aromatic heterocycles. The van der Waals surface area contributed by atoms with Crippen molar-refractivity contribution in [2.45, 2.75) is 57.4 Å². The third-order valence-corrected chi connectivity index (χ3v) is 4.68. The van der Waals surface area contributed by atoms with Crippen molar-refractivity contribution in [3.63, 3.8) is 0 Å². The van der Waals surface area contributed by atoms with E-state index in [0.29, 0.717) is 19.1 Å². The van der Waals surface area contributed by atoms with E-state index >= 15 is 0 Å². The summed E-state index contributed by atoms with van der Waals surface area (Å²) in [6.45, 7) is 2.05. The molecular formula is C17H25N3O2. The first-order chi connectivity index (χ1) is 10.8. The van der Waals surface area contributed by atoms with E-state index in [4.69, 9.17) is 4.74 Å². The third kappa shape index (κ3) is 4.03. The van der Waals surface area contributed by atoms with Gasteiger partial charge in [0.15, 0.2) is 0 Å². The molecule has 5 nitrogen and oxygen atoms in total. The van der Waals surface area contributed by atoms with E-state index in [1.54, 1.807) is 6.20 Å². The molecule has 1 aliphatic carbocycles. The number of amides is 1. The minimum atomic E-state index is 0.181. The first-order valence-corrected chi connectivity index (χ1v) is 8.50. The van der Waals surface area contributed by atoms with Gasteiger partial charge in [-0.2, -0.15) is 0 Å². The van der Waals surface area contributed by atoms with E-state index in [-0.39, 0.29) is 11.8 Å². The van der Waals surface area contributed by atoms with Crippen molar-refractivity contribution in [1.82, 2.24) is 15.3 Å². The van der Waals surface area contributed by atoms with Gasteiger partial charge in [0.05, 0.1) is 18.8 Å². The number of nitrogens with one attached hydrogen (secondary N) is 1. The Kier molecular flexibility index (Phi) is 5.38. The highest BCUT2D eigenvalue weighted by Crippen LogP contribution is 2.24. The molecule has 1 saturated heterocycles. The molecule has 0 spiro atoms. The van der Waals surface area contributed by atoms with Crippen LogP contribution < -0.4 is 5.32 Å². The fourth-order valence-electron chi connectivity index (χ4n) is 3.34. The second-order valence-corrected chi connectivity index (χ2v) is 6.37. The quantitative estimate of drug-likeness (QED) is 0.928. The smallest absolute Gasteiger partial charge is 0.223 e. The Morgan fingerprint density at radius 3 is 2.86 bits per heavy atom. The zero-order valence-electron chi connectivity index (χ0n) is 13.1. The molecule has 1 atom stereocenters. The van der Waals surface area contributed by atoms with E-state index < -0.39 is 0 Å². The Bertz CT molecular complexity index is 494. The van der Waals surface area contributed by atoms with Crippen molar-refractivity contribution in [1.29, 1.82) is 0 Å². The van der Waals surface area contributed by atoms with Crippen LogP contribution in [0.5, 0.6) is 0 Å². The van der Waals surface area contributed by atoms with Crippen LogP contribution in [-0.2, 0) is 16.1 Å². The summed E-state index contributed by atoms with van der Waals surface area (Å²) in [6.07, 6.45) is 9.62. The summed E-state index contributed by atoms with van der Waals surface area (Å²) >= 11 is 0. The molecule has 2 heterocycles. The zero-order chi connectivity index (χ0) is 15.2. The Balaban J connectivity index is 1.54. The number of ether oxygens (including phenoxy) is 1. The number of nitrogens with zero attached hydrogens (tertiary/aromatic N) is 2. The SMILES string of the molecule is O=C(NCc1ccnc(C2CCCOC2)n1)C1CCCCC1. The molecule has 3 rings (SSSR count). The number of hydrogen-bond acceptors (Lipinski definition) is 4. The van der Waals surface area contributed by atoms with Gasteiger partial charge in [-0.3, -0.25) is 4.79 Å². The van der Waals surface area contributed by atoms with E-state index in [1.807, 2.05) is 6.07 Å². The predicted molar refractivity (Wildman–Crippen MR) is 83.2 cm³/mol. The number of carbonyl (C=O) groups excluding carboxylic acids is 1. The van der Waals surface area contributed by atoms with Gasteiger partial charge in [0.1, 0.15) is 5.82 Å². The van der Waals surface area contributed by atoms with E-state index in [9.17, 15) is 4.79 Å². The lowest BCUT2D eigenvalue weighted by Crippen LogP contribution is -2.31. The molecule has 1 unspecified atom stereocenters. The highest BCUT2D eigenvalue weighted by atomic mass is 16.5. The molecule has 0 bridgehead atoms. The van der Waals surface area contributed by atoms with Crippen LogP contribution in [0.15, 0.2) is 12.3 Å². The minimum Gasteiger partial charge on any atom is -0.381 e. The van der Waals surface area contributed by atoms with Gasteiger partial charge >= 0.3 is 0 Å². The minimum absolute atomic E-state index is 0.181. The highest BCUT2D eigenvalue weighted by Gasteiger charge is 2.21. The maximum absolute atomic E-state index is 12.2. The molecule has 120 valence electrons. The molecule has 2 fully saturated rings. The van der Waals surface area contributed by atoms with Gasteiger partial charge in [-0.15, -0.1) is 0 Å². The predicted octanol–water partition coefficient (Wildman–Crippen LogP) is 2.57. The van der Waals surface area contributed by atoms with Gasteiger partial charge in [-0.1, -0.05) is 19.3 Å². The lowest BCUT2D eigenvalue weighted by Gasteiger charge is -2.22. The summed E-state index contributed by atoms with van der Waals surface area (Å²) in [7, 11) is 0. The van der Waals surface area contributed by atoms with Crippen molar-refractivity contribution in [2.24, 2.45) is 5.92 Å². The van der Waals surface area contributed by atoms with Crippen molar-refractivity contribution in [3.8, 4) is 0 Å². The van der Waals surface area contributed by atoms with Crippen LogP contribution in [0.25, 0.3) is 0 Å². The van der Waals surface area contributed by atoms with Crippen LogP contribution >= 0.6 is 0 Å². The molecule has 2 aliphatic rings. The van der Waals surface area contributed by atoms with Crippen molar-refractivity contribution in [3.05, 3.63) is 23.8 Å². The van der Waals surface area contributed by atoms with Gasteiger partial charge in [0.25, 0.3) is 0 Å². The average molecular weight is 303 g/mol. The van der Waals surface area contributed by atoms with Crippen molar-refractivity contribution in [2.75, 3.05) is 13.2 Å². The van der Waals surface area contributed by atoms with Gasteiger partial charge in [-0.05, 0) is 31.7 Å². The highest BCUT2D eigenvalue weighted by molar-refractivity contribution is 5.78. The van der Waals surface area contributed by atoms with Crippen LogP contribution in [0.1, 0.15) is 62.4 Å². The standard InChI is InChI=1S/C17H25N3O2/c21-17(13-5-2-1-3-6-13)19-11-15-8-9-18-16(20-15)14-7-4-10-22-12-14/h8-9,13-14H,1-7,10-12H2,(H,19,21). The van der Waals surface area contributed by atoms with Crippen LogP contribution in [-0.4, -0.2) is 29.1 Å². The number of hydrogen-bond donors (Lipinski definition) is 1. The van der Waals surface area contributed by atoms with Gasteiger partial charge in [0, 0.05) is 24.6 Å². The van der Waals surface area contributed by atoms with Gasteiger partial charge in [-0.25, -0.2) is 9.97 Å². The van der Waals surface area contributed by atoms with E-state index in [1.165, 1.54) is 19.3 Å². The topological polar surface area (TPSA) is 64.1 Å². The van der Waals surface area contributed by atoms with Gasteiger partial charge in [0.2, 0.25) is 5.91 Å². The number of aromatic nitrogens is 2. The van der Waals surface area contributed by atoms with Crippen LogP contribution in [0.2, 0.25) is 0 Å². The summed E-state index contributed by atoms with van der Waals surface area (Å²) in [5.41, 5.74) is 0.889. The summed E-state index contributed by atoms with van der Waals surface area (Å²) in [5.74, 6) is 1.52. The summed E-state index contributed by atoms with van der Waals surface area (Å²) in [5, 5.41) is 3.04. The van der Waals surface area contributed by atoms with Crippen LogP contribution in [0, 0.1) is 5.92 Å². The number of carbonyl (C=O) groups is 1. The molecule has 1 amide bonds. The molecule has 0 aromatic carbocycles. The van der Waals surface area contributed by atoms with Crippen LogP contribution in [0.4, 0.5) is 0 Å². The number of rotatable bonds is 4. The fraction of sp³-hybridized carbons (Fsp3) is 0.706. The summed E-state index contributed by atoms with van der Waals surface area (Å²) in [4.78, 5) is 21.2. The largest absolute Gasteiger partial charge is 0.381 e. The Morgan fingerprint density at radius 1 is 1.23 bits per heavy atom. The molecule has 1 N–H and O–H groups in total. The fourth-order valence-corrected chi connectivity index (χ4v) is 3.34. The van der Waals surface area contributed by atoms with Crippen LogP contribution in [0.3, 0.4) is 0 Å². The normalized spacial score (nSPS) is 23.2.